The normalized spacial score (nSPS) is 36.5. The Morgan fingerprint density at radius 2 is 2.15 bits per heavy atom. The summed E-state index contributed by atoms with van der Waals surface area (Å²) in [5, 5.41) is 0. The first-order valence-electron chi connectivity index (χ1n) is 4.95. The molecule has 0 amide bonds. The van der Waals surface area contributed by atoms with Crippen LogP contribution in [-0.2, 0) is 9.53 Å². The molecule has 0 aliphatic heterocycles. The number of carbonyl (C=O) groups is 1. The summed E-state index contributed by atoms with van der Waals surface area (Å²) < 4.78 is 4.69. The molecule has 0 bridgehead atoms. The van der Waals surface area contributed by atoms with Crippen molar-refractivity contribution in [3.05, 3.63) is 0 Å². The third kappa shape index (κ3) is 1.26. The second kappa shape index (κ2) is 2.71. The van der Waals surface area contributed by atoms with Gasteiger partial charge in [-0.15, -0.1) is 0 Å². The number of carbonyl (C=O) groups excluding carboxylic acids is 1. The van der Waals surface area contributed by atoms with Crippen molar-refractivity contribution in [3.63, 3.8) is 0 Å². The summed E-state index contributed by atoms with van der Waals surface area (Å²) in [6.07, 6.45) is 3.46. The molecule has 2 aliphatic rings. The van der Waals surface area contributed by atoms with Gasteiger partial charge in [-0.05, 0) is 36.5 Å². The van der Waals surface area contributed by atoms with Gasteiger partial charge in [-0.2, -0.15) is 0 Å². The van der Waals surface area contributed by atoms with Gasteiger partial charge in [-0.1, -0.05) is 6.92 Å². The van der Waals surface area contributed by atoms with Crippen molar-refractivity contribution in [1.29, 1.82) is 0 Å². The summed E-state index contributed by atoms with van der Waals surface area (Å²) in [6.45, 7) is 2.23. The molecule has 0 aromatic carbocycles. The predicted octanol–water partition coefficient (Wildman–Crippen LogP) is 0.923. The molecule has 3 heteroatoms. The van der Waals surface area contributed by atoms with Crippen LogP contribution in [0.4, 0.5) is 0 Å². The summed E-state index contributed by atoms with van der Waals surface area (Å²) >= 11 is 0. The highest BCUT2D eigenvalue weighted by Gasteiger charge is 2.62. The van der Waals surface area contributed by atoms with Crippen LogP contribution >= 0.6 is 0 Å². The Hall–Kier alpha value is -0.570. The van der Waals surface area contributed by atoms with Gasteiger partial charge in [-0.3, -0.25) is 4.79 Å². The molecule has 74 valence electrons. The lowest BCUT2D eigenvalue weighted by molar-refractivity contribution is -0.144. The van der Waals surface area contributed by atoms with Crippen molar-refractivity contribution in [1.82, 2.24) is 0 Å². The highest BCUT2D eigenvalue weighted by atomic mass is 16.5. The third-order valence-electron chi connectivity index (χ3n) is 3.75. The van der Waals surface area contributed by atoms with Crippen LogP contribution in [0.3, 0.4) is 0 Å². The van der Waals surface area contributed by atoms with E-state index in [0.29, 0.717) is 5.92 Å². The maximum atomic E-state index is 11.3. The SMILES string of the molecule is COC(=O)C(N)C1(C2CC2C)CC1. The van der Waals surface area contributed by atoms with Crippen molar-refractivity contribution in [2.75, 3.05) is 7.11 Å². The fraction of sp³-hybridized carbons (Fsp3) is 0.900. The molecule has 2 N–H and O–H groups in total. The lowest BCUT2D eigenvalue weighted by atomic mass is 9.90. The molecule has 0 aromatic rings. The van der Waals surface area contributed by atoms with Gasteiger partial charge in [0.15, 0.2) is 0 Å². The molecule has 0 aromatic heterocycles. The second-order valence-electron chi connectivity index (χ2n) is 4.55. The number of nitrogens with two attached hydrogens (primary N) is 1. The quantitative estimate of drug-likeness (QED) is 0.662. The van der Waals surface area contributed by atoms with E-state index in [4.69, 9.17) is 5.73 Å². The van der Waals surface area contributed by atoms with Crippen molar-refractivity contribution < 1.29 is 9.53 Å². The van der Waals surface area contributed by atoms with Gasteiger partial charge < -0.3 is 10.5 Å². The summed E-state index contributed by atoms with van der Waals surface area (Å²) in [5.74, 6) is 1.21. The Morgan fingerprint density at radius 1 is 1.62 bits per heavy atom. The molecule has 3 unspecified atom stereocenters. The molecule has 2 fully saturated rings. The minimum Gasteiger partial charge on any atom is -0.468 e. The third-order valence-corrected chi connectivity index (χ3v) is 3.75. The smallest absolute Gasteiger partial charge is 0.323 e. The molecule has 2 rings (SSSR count). The second-order valence-corrected chi connectivity index (χ2v) is 4.55. The van der Waals surface area contributed by atoms with Crippen LogP contribution in [0.15, 0.2) is 0 Å². The number of rotatable bonds is 3. The van der Waals surface area contributed by atoms with Crippen LogP contribution in [0, 0.1) is 17.3 Å². The van der Waals surface area contributed by atoms with E-state index >= 15 is 0 Å². The fourth-order valence-corrected chi connectivity index (χ4v) is 2.54. The van der Waals surface area contributed by atoms with E-state index in [9.17, 15) is 4.79 Å². The number of hydrogen-bond acceptors (Lipinski definition) is 3. The van der Waals surface area contributed by atoms with Crippen LogP contribution in [-0.4, -0.2) is 19.1 Å². The van der Waals surface area contributed by atoms with E-state index in [1.165, 1.54) is 13.5 Å². The molecule has 13 heavy (non-hydrogen) atoms. The Labute approximate surface area is 78.6 Å². The molecule has 0 spiro atoms. The summed E-state index contributed by atoms with van der Waals surface area (Å²) in [4.78, 5) is 11.3. The van der Waals surface area contributed by atoms with Gasteiger partial charge in [0.25, 0.3) is 0 Å². The van der Waals surface area contributed by atoms with Gasteiger partial charge >= 0.3 is 5.97 Å². The molecule has 0 saturated heterocycles. The molecule has 3 nitrogen and oxygen atoms in total. The molecular weight excluding hydrogens is 166 g/mol. The zero-order valence-electron chi connectivity index (χ0n) is 8.25. The van der Waals surface area contributed by atoms with E-state index in [-0.39, 0.29) is 17.4 Å². The van der Waals surface area contributed by atoms with Crippen molar-refractivity contribution in [3.8, 4) is 0 Å². The maximum Gasteiger partial charge on any atom is 0.323 e. The lowest BCUT2D eigenvalue weighted by Crippen LogP contribution is -2.41. The summed E-state index contributed by atoms with van der Waals surface area (Å²) in [7, 11) is 1.41. The van der Waals surface area contributed by atoms with E-state index in [2.05, 4.69) is 11.7 Å². The van der Waals surface area contributed by atoms with Crippen molar-refractivity contribution >= 4 is 5.97 Å². The van der Waals surface area contributed by atoms with E-state index in [0.717, 1.165) is 18.8 Å². The zero-order chi connectivity index (χ0) is 9.64. The first kappa shape index (κ1) is 9.00. The molecule has 2 saturated carbocycles. The van der Waals surface area contributed by atoms with E-state index in [1.807, 2.05) is 0 Å². The largest absolute Gasteiger partial charge is 0.468 e. The highest BCUT2D eigenvalue weighted by molar-refractivity contribution is 5.77. The molecule has 0 radical (unpaired) electrons. The Balaban J connectivity index is 2.03. The first-order valence-corrected chi connectivity index (χ1v) is 4.95. The van der Waals surface area contributed by atoms with Gasteiger partial charge in [0, 0.05) is 0 Å². The molecule has 2 aliphatic carbocycles. The van der Waals surface area contributed by atoms with Crippen molar-refractivity contribution in [2.45, 2.75) is 32.2 Å². The number of methoxy groups -OCH3 is 1. The van der Waals surface area contributed by atoms with Gasteiger partial charge in [0.05, 0.1) is 7.11 Å². The average molecular weight is 183 g/mol. The van der Waals surface area contributed by atoms with Crippen LogP contribution in [0.5, 0.6) is 0 Å². The highest BCUT2D eigenvalue weighted by Crippen LogP contribution is 2.65. The molecule has 0 heterocycles. The first-order chi connectivity index (χ1) is 6.12. The van der Waals surface area contributed by atoms with Gasteiger partial charge in [0.1, 0.15) is 6.04 Å². The standard InChI is InChI=1S/C10H17NO2/c1-6-5-7(6)10(3-4-10)8(11)9(12)13-2/h6-8H,3-5,11H2,1-2H3. The van der Waals surface area contributed by atoms with Crippen LogP contribution in [0.1, 0.15) is 26.2 Å². The number of ether oxygens (including phenoxy) is 1. The average Bonchev–Trinajstić information content (AvgIpc) is 2.97. The topological polar surface area (TPSA) is 52.3 Å². The zero-order valence-corrected chi connectivity index (χ0v) is 8.25. The summed E-state index contributed by atoms with van der Waals surface area (Å²) in [5.41, 5.74) is 6.01. The minimum absolute atomic E-state index is 0.118. The fourth-order valence-electron chi connectivity index (χ4n) is 2.54. The monoisotopic (exact) mass is 183 g/mol. The Kier molecular flexibility index (Phi) is 1.88. The van der Waals surface area contributed by atoms with Crippen LogP contribution < -0.4 is 5.73 Å². The van der Waals surface area contributed by atoms with Crippen LogP contribution in [0.2, 0.25) is 0 Å². The number of hydrogen-bond donors (Lipinski definition) is 1. The number of esters is 1. The minimum atomic E-state index is -0.382. The molecule has 3 atom stereocenters. The molecular formula is C10H17NO2. The van der Waals surface area contributed by atoms with E-state index < -0.39 is 0 Å². The van der Waals surface area contributed by atoms with Crippen LogP contribution in [0.25, 0.3) is 0 Å². The van der Waals surface area contributed by atoms with E-state index in [1.54, 1.807) is 0 Å². The Morgan fingerprint density at radius 3 is 2.46 bits per heavy atom. The Bertz CT molecular complexity index is 235. The van der Waals surface area contributed by atoms with Gasteiger partial charge in [-0.25, -0.2) is 0 Å². The summed E-state index contributed by atoms with van der Waals surface area (Å²) in [6, 6.07) is -0.382. The van der Waals surface area contributed by atoms with Crippen molar-refractivity contribution in [2.24, 2.45) is 23.0 Å². The predicted molar refractivity (Wildman–Crippen MR) is 48.9 cm³/mol. The lowest BCUT2D eigenvalue weighted by Gasteiger charge is -2.20. The van der Waals surface area contributed by atoms with Gasteiger partial charge in [0.2, 0.25) is 0 Å². The maximum absolute atomic E-state index is 11.3.